The number of rotatable bonds is 6. The van der Waals surface area contributed by atoms with Gasteiger partial charge in [-0.25, -0.2) is 0 Å². The average molecular weight is 338 g/mol. The van der Waals surface area contributed by atoms with E-state index in [1.54, 1.807) is 22.7 Å². The minimum Gasteiger partial charge on any atom is -0.355 e. The van der Waals surface area contributed by atoms with E-state index < -0.39 is 0 Å². The van der Waals surface area contributed by atoms with Crippen LogP contribution in [-0.2, 0) is 4.74 Å². The number of allylic oxidation sites excluding steroid dienone is 6. The molecule has 2 heterocycles. The Morgan fingerprint density at radius 3 is 1.65 bits per heavy atom. The first-order chi connectivity index (χ1) is 11.4. The monoisotopic (exact) mass is 338 g/mol. The molecular formula is C20H18OS2. The van der Waals surface area contributed by atoms with Gasteiger partial charge in [0.15, 0.2) is 0 Å². The van der Waals surface area contributed by atoms with E-state index in [0.717, 1.165) is 12.8 Å². The van der Waals surface area contributed by atoms with Gasteiger partial charge in [0.2, 0.25) is 0 Å². The van der Waals surface area contributed by atoms with E-state index in [1.165, 1.54) is 20.9 Å². The maximum absolute atomic E-state index is 6.71. The summed E-state index contributed by atoms with van der Waals surface area (Å²) in [5.41, 5.74) is 2.70. The van der Waals surface area contributed by atoms with Gasteiger partial charge in [0.05, 0.1) is 0 Å². The number of thiophene rings is 2. The van der Waals surface area contributed by atoms with Crippen molar-refractivity contribution in [3.05, 3.63) is 92.4 Å². The highest BCUT2D eigenvalue weighted by molar-refractivity contribution is 7.10. The first-order valence-corrected chi connectivity index (χ1v) is 9.61. The largest absolute Gasteiger partial charge is 0.355 e. The van der Waals surface area contributed by atoms with Crippen LogP contribution in [0.1, 0.15) is 34.8 Å². The third kappa shape index (κ3) is 3.18. The highest BCUT2D eigenvalue weighted by atomic mass is 32.1. The zero-order valence-corrected chi connectivity index (χ0v) is 14.4. The summed E-state index contributed by atoms with van der Waals surface area (Å²) in [4.78, 5) is 2.57. The van der Waals surface area contributed by atoms with E-state index in [4.69, 9.17) is 4.74 Å². The van der Waals surface area contributed by atoms with E-state index in [2.05, 4.69) is 71.5 Å². The Morgan fingerprint density at radius 2 is 1.30 bits per heavy atom. The van der Waals surface area contributed by atoms with Gasteiger partial charge in [-0.05, 0) is 46.9 Å². The lowest BCUT2D eigenvalue weighted by atomic mass is 10.0. The maximum atomic E-state index is 6.71. The molecule has 2 atom stereocenters. The van der Waals surface area contributed by atoms with Crippen molar-refractivity contribution in [1.29, 1.82) is 0 Å². The molecule has 0 N–H and O–H groups in total. The van der Waals surface area contributed by atoms with Crippen LogP contribution in [0.5, 0.6) is 0 Å². The fourth-order valence-electron chi connectivity index (χ4n) is 3.01. The fourth-order valence-corrected chi connectivity index (χ4v) is 4.61. The van der Waals surface area contributed by atoms with Gasteiger partial charge >= 0.3 is 0 Å². The summed E-state index contributed by atoms with van der Waals surface area (Å²) in [5, 5.41) is 4.26. The van der Waals surface area contributed by atoms with Gasteiger partial charge in [-0.2, -0.15) is 0 Å². The maximum Gasteiger partial charge on any atom is 0.115 e. The van der Waals surface area contributed by atoms with Crippen LogP contribution in [-0.4, -0.2) is 0 Å². The van der Waals surface area contributed by atoms with Crippen molar-refractivity contribution in [2.75, 3.05) is 0 Å². The van der Waals surface area contributed by atoms with E-state index in [0.29, 0.717) is 0 Å². The first kappa shape index (κ1) is 14.9. The molecule has 0 saturated heterocycles. The molecule has 2 unspecified atom stereocenters. The predicted octanol–water partition coefficient (Wildman–Crippen LogP) is 6.38. The summed E-state index contributed by atoms with van der Waals surface area (Å²) in [6.07, 6.45) is 15.1. The second-order valence-corrected chi connectivity index (χ2v) is 7.63. The summed E-state index contributed by atoms with van der Waals surface area (Å²) in [6, 6.07) is 8.58. The molecule has 0 saturated carbocycles. The minimum atomic E-state index is 0.0404. The second-order valence-electron chi connectivity index (χ2n) is 5.67. The van der Waals surface area contributed by atoms with Crippen LogP contribution in [0.25, 0.3) is 0 Å². The van der Waals surface area contributed by atoms with Crippen molar-refractivity contribution in [2.24, 2.45) is 0 Å². The van der Waals surface area contributed by atoms with E-state index in [1.807, 2.05) is 0 Å². The quantitative estimate of drug-likeness (QED) is 0.593. The van der Waals surface area contributed by atoms with Crippen molar-refractivity contribution in [3.63, 3.8) is 0 Å². The molecule has 0 bridgehead atoms. The lowest BCUT2D eigenvalue weighted by molar-refractivity contribution is 0.0285. The van der Waals surface area contributed by atoms with Gasteiger partial charge in [-0.1, -0.05) is 48.6 Å². The predicted molar refractivity (Wildman–Crippen MR) is 98.9 cm³/mol. The molecule has 2 aliphatic rings. The molecule has 0 aromatic carbocycles. The topological polar surface area (TPSA) is 9.23 Å². The molecule has 2 aliphatic carbocycles. The first-order valence-electron chi connectivity index (χ1n) is 7.85. The molecule has 4 rings (SSSR count). The minimum absolute atomic E-state index is 0.0404. The summed E-state index contributed by atoms with van der Waals surface area (Å²) >= 11 is 3.55. The smallest absolute Gasteiger partial charge is 0.115 e. The summed E-state index contributed by atoms with van der Waals surface area (Å²) < 4.78 is 6.71. The summed E-state index contributed by atoms with van der Waals surface area (Å²) in [6.45, 7) is 0. The summed E-state index contributed by atoms with van der Waals surface area (Å²) in [5.74, 6) is 0. The molecule has 0 fully saturated rings. The second kappa shape index (κ2) is 6.83. The third-order valence-corrected chi connectivity index (χ3v) is 5.98. The molecule has 2 aromatic rings. The molecule has 3 heteroatoms. The third-order valence-electron chi connectivity index (χ3n) is 4.15. The highest BCUT2D eigenvalue weighted by Gasteiger charge is 2.27. The number of hydrogen-bond donors (Lipinski definition) is 0. The highest BCUT2D eigenvalue weighted by Crippen LogP contribution is 2.42. The molecule has 23 heavy (non-hydrogen) atoms. The van der Waals surface area contributed by atoms with Crippen molar-refractivity contribution in [3.8, 4) is 0 Å². The molecule has 0 spiro atoms. The molecule has 0 amide bonds. The van der Waals surface area contributed by atoms with Gasteiger partial charge in [0.1, 0.15) is 12.2 Å². The molecule has 0 aliphatic heterocycles. The molecule has 1 nitrogen and oxygen atoms in total. The molecule has 0 radical (unpaired) electrons. The average Bonchev–Trinajstić information content (AvgIpc) is 3.35. The van der Waals surface area contributed by atoms with Crippen LogP contribution >= 0.6 is 22.7 Å². The zero-order chi connectivity index (χ0) is 15.5. The van der Waals surface area contributed by atoms with Gasteiger partial charge < -0.3 is 4.74 Å². The van der Waals surface area contributed by atoms with Gasteiger partial charge in [-0.15, -0.1) is 22.7 Å². The van der Waals surface area contributed by atoms with Crippen LogP contribution in [0.4, 0.5) is 0 Å². The summed E-state index contributed by atoms with van der Waals surface area (Å²) in [7, 11) is 0. The van der Waals surface area contributed by atoms with Crippen LogP contribution in [0.15, 0.2) is 82.6 Å². The normalized spacial score (nSPS) is 19.0. The van der Waals surface area contributed by atoms with Crippen LogP contribution < -0.4 is 0 Å². The van der Waals surface area contributed by atoms with Gasteiger partial charge in [0.25, 0.3) is 0 Å². The number of ether oxygens (including phenoxy) is 1. The number of hydrogen-bond acceptors (Lipinski definition) is 3. The Morgan fingerprint density at radius 1 is 0.783 bits per heavy atom. The Labute approximate surface area is 144 Å². The molecule has 2 aromatic heterocycles. The Hall–Kier alpha value is -1.68. The lowest BCUT2D eigenvalue weighted by Crippen LogP contribution is -2.12. The Balaban J connectivity index is 1.65. The standard InChI is InChI=1S/C20H18OS2/c1-2-8-15(7-1)19(17-11-5-13-22-17)21-20(16-9-3-4-10-16)18-12-6-14-23-18/h1-7,9,11-14,19-20H,8,10H2. The van der Waals surface area contributed by atoms with Crippen molar-refractivity contribution < 1.29 is 4.74 Å². The van der Waals surface area contributed by atoms with Crippen LogP contribution in [0, 0.1) is 0 Å². The fraction of sp³-hybridized carbons (Fsp3) is 0.200. The SMILES string of the molecule is C1=CCC(C(OC(C2=CC=CC2)c2cccs2)c2cccs2)=C1. The van der Waals surface area contributed by atoms with Gasteiger partial charge in [-0.3, -0.25) is 0 Å². The Bertz CT molecular complexity index is 694. The molecule has 116 valence electrons. The van der Waals surface area contributed by atoms with Crippen molar-refractivity contribution in [1.82, 2.24) is 0 Å². The Kier molecular flexibility index (Phi) is 4.42. The van der Waals surface area contributed by atoms with E-state index in [-0.39, 0.29) is 12.2 Å². The zero-order valence-electron chi connectivity index (χ0n) is 12.7. The lowest BCUT2D eigenvalue weighted by Gasteiger charge is -2.26. The van der Waals surface area contributed by atoms with E-state index in [9.17, 15) is 0 Å². The van der Waals surface area contributed by atoms with Crippen molar-refractivity contribution in [2.45, 2.75) is 25.0 Å². The van der Waals surface area contributed by atoms with Crippen LogP contribution in [0.2, 0.25) is 0 Å². The van der Waals surface area contributed by atoms with E-state index >= 15 is 0 Å². The van der Waals surface area contributed by atoms with Crippen molar-refractivity contribution >= 4 is 22.7 Å². The van der Waals surface area contributed by atoms with Gasteiger partial charge in [0, 0.05) is 9.75 Å². The molecular weight excluding hydrogens is 320 g/mol. The van der Waals surface area contributed by atoms with Crippen LogP contribution in [0.3, 0.4) is 0 Å².